The Morgan fingerprint density at radius 1 is 1.56 bits per heavy atom. The second-order valence-corrected chi connectivity index (χ2v) is 6.28. The quantitative estimate of drug-likeness (QED) is 0.375. The molecule has 0 aromatic heterocycles. The van der Waals surface area contributed by atoms with E-state index in [0.717, 1.165) is 0 Å². The number of benzene rings is 1. The number of nitro benzene ring substituents is 1. The Bertz CT molecular complexity index is 853. The van der Waals surface area contributed by atoms with Crippen LogP contribution in [0.15, 0.2) is 48.2 Å². The number of thiocarbonyl (C=S) groups is 1. The second-order valence-electron chi connectivity index (χ2n) is 5.87. The van der Waals surface area contributed by atoms with E-state index in [1.165, 1.54) is 19.1 Å². The lowest BCUT2D eigenvalue weighted by Gasteiger charge is -2.41. The summed E-state index contributed by atoms with van der Waals surface area (Å²) in [5, 5.41) is 24.4. The van der Waals surface area contributed by atoms with Gasteiger partial charge in [-0.05, 0) is 20.3 Å². The molecule has 1 N–H and O–H groups in total. The number of nitriles is 1. The van der Waals surface area contributed by atoms with E-state index in [4.69, 9.17) is 12.2 Å². The molecule has 1 heterocycles. The summed E-state index contributed by atoms with van der Waals surface area (Å²) in [6.07, 6.45) is 1.70. The smallest absolute Gasteiger partial charge is 0.273 e. The number of Topliss-reactive ketones (excluding diaryl/α,β-unsaturated/α-hetero) is 1. The number of ketones is 1. The molecule has 0 fully saturated rings. The predicted octanol–water partition coefficient (Wildman–Crippen LogP) is 3.56. The van der Waals surface area contributed by atoms with Crippen LogP contribution in [0, 0.1) is 26.9 Å². The van der Waals surface area contributed by atoms with Crippen molar-refractivity contribution in [2.24, 2.45) is 5.41 Å². The SMILES string of the molecule is C=CC[C@]1(C#N)C(=S)NC(C)=C(C(C)=O)[C@H]1c1ccccc1[N+](=O)[O-]. The number of hydrogen-bond acceptors (Lipinski definition) is 5. The number of hydrogen-bond donors (Lipinski definition) is 1. The van der Waals surface area contributed by atoms with Crippen LogP contribution in [0.3, 0.4) is 0 Å². The molecule has 2 rings (SSSR count). The van der Waals surface area contributed by atoms with Gasteiger partial charge in [-0.3, -0.25) is 14.9 Å². The summed E-state index contributed by atoms with van der Waals surface area (Å²) in [7, 11) is 0. The number of allylic oxidation sites excluding steroid dienone is 3. The van der Waals surface area contributed by atoms with Gasteiger partial charge in [0.05, 0.1) is 11.0 Å². The maximum atomic E-state index is 12.3. The zero-order chi connectivity index (χ0) is 18.8. The number of nitrogens with zero attached hydrogens (tertiary/aromatic N) is 2. The summed E-state index contributed by atoms with van der Waals surface area (Å²) in [6.45, 7) is 6.75. The molecule has 2 atom stereocenters. The summed E-state index contributed by atoms with van der Waals surface area (Å²) in [4.78, 5) is 23.6. The molecule has 128 valence electrons. The van der Waals surface area contributed by atoms with Crippen molar-refractivity contribution < 1.29 is 9.72 Å². The van der Waals surface area contributed by atoms with Gasteiger partial charge in [0.15, 0.2) is 5.78 Å². The van der Waals surface area contributed by atoms with E-state index >= 15 is 0 Å². The van der Waals surface area contributed by atoms with Crippen LogP contribution in [0.25, 0.3) is 0 Å². The molecule has 1 aromatic carbocycles. The van der Waals surface area contributed by atoms with Gasteiger partial charge in [0.1, 0.15) is 10.4 Å². The third kappa shape index (κ3) is 2.96. The summed E-state index contributed by atoms with van der Waals surface area (Å²) in [5.41, 5.74) is -0.331. The number of nitrogens with one attached hydrogen (secondary N) is 1. The van der Waals surface area contributed by atoms with Crippen molar-refractivity contribution in [1.29, 1.82) is 5.26 Å². The first-order valence-electron chi connectivity index (χ1n) is 7.58. The lowest BCUT2D eigenvalue weighted by atomic mass is 9.64. The average molecular weight is 355 g/mol. The van der Waals surface area contributed by atoms with Gasteiger partial charge < -0.3 is 5.32 Å². The fraction of sp³-hybridized carbons (Fsp3) is 0.278. The van der Waals surface area contributed by atoms with Gasteiger partial charge in [0.25, 0.3) is 5.69 Å². The molecule has 25 heavy (non-hydrogen) atoms. The van der Waals surface area contributed by atoms with Crippen molar-refractivity contribution in [2.75, 3.05) is 0 Å². The minimum absolute atomic E-state index is 0.146. The van der Waals surface area contributed by atoms with Gasteiger partial charge >= 0.3 is 0 Å². The summed E-state index contributed by atoms with van der Waals surface area (Å²) in [5.74, 6) is -1.11. The first-order chi connectivity index (χ1) is 11.8. The molecule has 0 unspecified atom stereocenters. The van der Waals surface area contributed by atoms with Gasteiger partial charge in [-0.15, -0.1) is 6.58 Å². The number of para-hydroxylation sites is 1. The molecule has 0 saturated heterocycles. The highest BCUT2D eigenvalue weighted by atomic mass is 32.1. The topological polar surface area (TPSA) is 96.0 Å². The van der Waals surface area contributed by atoms with Crippen molar-refractivity contribution >= 4 is 28.7 Å². The fourth-order valence-electron chi connectivity index (χ4n) is 3.33. The molecule has 0 aliphatic carbocycles. The third-order valence-corrected chi connectivity index (χ3v) is 4.85. The maximum Gasteiger partial charge on any atom is 0.273 e. The molecule has 1 aliphatic rings. The van der Waals surface area contributed by atoms with Crippen LogP contribution >= 0.6 is 12.2 Å². The Kier molecular flexibility index (Phi) is 5.14. The van der Waals surface area contributed by atoms with Gasteiger partial charge in [-0.1, -0.05) is 36.5 Å². The van der Waals surface area contributed by atoms with Crippen molar-refractivity contribution in [3.05, 3.63) is 63.9 Å². The maximum absolute atomic E-state index is 12.3. The zero-order valence-corrected chi connectivity index (χ0v) is 14.7. The van der Waals surface area contributed by atoms with Crippen LogP contribution in [0.4, 0.5) is 5.69 Å². The van der Waals surface area contributed by atoms with E-state index in [-0.39, 0.29) is 22.9 Å². The van der Waals surface area contributed by atoms with Crippen LogP contribution in [0.2, 0.25) is 0 Å². The Labute approximate surface area is 151 Å². The van der Waals surface area contributed by atoms with Crippen LogP contribution in [-0.4, -0.2) is 15.7 Å². The molecule has 0 radical (unpaired) electrons. The highest BCUT2D eigenvalue weighted by molar-refractivity contribution is 7.80. The standard InChI is InChI=1S/C18H17N3O3S/c1-4-9-18(10-19)16(13-7-5-6-8-14(13)21(23)24)15(12(3)22)11(2)20-17(18)25/h4-8,16H,1,9H2,2-3H3,(H,20,25)/t16-,18-/m1/s1. The Morgan fingerprint density at radius 3 is 2.72 bits per heavy atom. The van der Waals surface area contributed by atoms with Crippen LogP contribution < -0.4 is 5.32 Å². The second kappa shape index (κ2) is 6.95. The molecule has 0 bridgehead atoms. The number of rotatable bonds is 5. The Morgan fingerprint density at radius 2 is 2.20 bits per heavy atom. The number of nitro groups is 1. The lowest BCUT2D eigenvalue weighted by molar-refractivity contribution is -0.385. The Hall–Kier alpha value is -2.85. The predicted molar refractivity (Wildman–Crippen MR) is 97.8 cm³/mol. The summed E-state index contributed by atoms with van der Waals surface area (Å²) in [6, 6.07) is 8.34. The highest BCUT2D eigenvalue weighted by Crippen LogP contribution is 2.50. The number of carbonyl (C=O) groups is 1. The first-order valence-corrected chi connectivity index (χ1v) is 7.99. The third-order valence-electron chi connectivity index (χ3n) is 4.38. The van der Waals surface area contributed by atoms with E-state index in [9.17, 15) is 20.2 Å². The molecule has 6 nitrogen and oxygen atoms in total. The van der Waals surface area contributed by atoms with Gasteiger partial charge in [-0.2, -0.15) is 5.26 Å². The lowest BCUT2D eigenvalue weighted by Crippen LogP contribution is -2.48. The molecule has 1 aromatic rings. The molecular formula is C18H17N3O3S. The van der Waals surface area contributed by atoms with E-state index in [2.05, 4.69) is 18.0 Å². The normalized spacial score (nSPS) is 22.8. The minimum atomic E-state index is -1.32. The van der Waals surface area contributed by atoms with Gasteiger partial charge in [0.2, 0.25) is 0 Å². The summed E-state index contributed by atoms with van der Waals surface area (Å²) >= 11 is 5.41. The van der Waals surface area contributed by atoms with E-state index in [1.807, 2.05) is 0 Å². The van der Waals surface area contributed by atoms with Crippen LogP contribution in [0.1, 0.15) is 31.7 Å². The number of carbonyl (C=O) groups excluding carboxylic acids is 1. The van der Waals surface area contributed by atoms with Crippen LogP contribution in [0.5, 0.6) is 0 Å². The fourth-order valence-corrected chi connectivity index (χ4v) is 3.73. The van der Waals surface area contributed by atoms with E-state index in [1.54, 1.807) is 25.1 Å². The molecule has 7 heteroatoms. The van der Waals surface area contributed by atoms with E-state index in [0.29, 0.717) is 16.8 Å². The molecule has 1 aliphatic heterocycles. The van der Waals surface area contributed by atoms with E-state index < -0.39 is 16.3 Å². The molecule has 0 amide bonds. The molecular weight excluding hydrogens is 338 g/mol. The van der Waals surface area contributed by atoms with Crippen molar-refractivity contribution in [1.82, 2.24) is 5.32 Å². The zero-order valence-electron chi connectivity index (χ0n) is 13.9. The van der Waals surface area contributed by atoms with Crippen molar-refractivity contribution in [3.8, 4) is 6.07 Å². The largest absolute Gasteiger partial charge is 0.352 e. The van der Waals surface area contributed by atoms with Crippen LogP contribution in [-0.2, 0) is 4.79 Å². The van der Waals surface area contributed by atoms with Crippen molar-refractivity contribution in [2.45, 2.75) is 26.2 Å². The minimum Gasteiger partial charge on any atom is -0.352 e. The van der Waals surface area contributed by atoms with Gasteiger partial charge in [0, 0.05) is 28.8 Å². The van der Waals surface area contributed by atoms with Gasteiger partial charge in [-0.25, -0.2) is 0 Å². The van der Waals surface area contributed by atoms with Crippen molar-refractivity contribution in [3.63, 3.8) is 0 Å². The monoisotopic (exact) mass is 355 g/mol. The molecule has 0 spiro atoms. The Balaban J connectivity index is 2.91. The highest BCUT2D eigenvalue weighted by Gasteiger charge is 2.51. The average Bonchev–Trinajstić information content (AvgIpc) is 2.56. The molecule has 0 saturated carbocycles. The summed E-state index contributed by atoms with van der Waals surface area (Å²) < 4.78 is 0. The first kappa shape index (κ1) is 18.5.